The van der Waals surface area contributed by atoms with E-state index in [1.165, 1.54) is 136 Å². The van der Waals surface area contributed by atoms with Crippen molar-refractivity contribution in [2.45, 2.75) is 322 Å². The zero-order valence-corrected chi connectivity index (χ0v) is 91.2. The molecule has 0 bridgehead atoms. The second-order valence-corrected chi connectivity index (χ2v) is 54.1. The van der Waals surface area contributed by atoms with Crippen molar-refractivity contribution in [3.8, 4) is 51.0 Å². The van der Waals surface area contributed by atoms with Crippen molar-refractivity contribution in [3.63, 3.8) is 0 Å². The fourth-order valence-corrected chi connectivity index (χ4v) is 32.2. The molecule has 6 atom stereocenters. The lowest BCUT2D eigenvalue weighted by Crippen LogP contribution is -2.63. The van der Waals surface area contributed by atoms with Gasteiger partial charge in [-0.15, -0.1) is 0 Å². The summed E-state index contributed by atoms with van der Waals surface area (Å²) in [6.07, 6.45) is 35.5. The van der Waals surface area contributed by atoms with Gasteiger partial charge in [-0.25, -0.2) is 39.4 Å². The van der Waals surface area contributed by atoms with Crippen LogP contribution in [0.15, 0.2) is 109 Å². The summed E-state index contributed by atoms with van der Waals surface area (Å²) in [6.45, 7) is 16.8. The topological polar surface area (TPSA) is 303 Å². The van der Waals surface area contributed by atoms with Crippen molar-refractivity contribution >= 4 is 98.2 Å². The minimum Gasteiger partial charge on any atom is -0.497 e. The standard InChI is InChI=1S/C40H52N4O5S.2C39H50N4O5S/c1-26(2)50(47,48)41-37(45)28-13-15-31-34(21-28)44-25-40(38(46)43-20-19-42(3)39(24-43)17-9-6-10-18-39)23-33(40)32-22-29(49-4)14-16-30(32)36(44)35(31)27-11-7-5-8-12-27;1-25(2)49(46,47)40-36(44)27-12-14-30-33(20-27)43-24-39(37(45)42-19-18-41(3)38(23-42)16-8-9-17-38)22-32(39)31-21-28(48-4)13-15-29(31)35(43)34(30)26-10-6-5-7-11-26;1-4-20-49(46,47)40-36(44)27-12-14-30-33(21-27)43-25-39(37(45)42-19-18-41(2)38(24-42)16-8-9-17-38)23-32(39)31-22-28(48-3)13-15-29(31)35(43)34(30)26-10-6-5-7-11-26/h13-16,21-22,26-27,33H,5-12,17-20,23-25H2,1-4H3,(H,41,45);12-15,20-21,25-26,32H,5-11,16-19,22-24H2,1-4H3,(H,40,44);12-15,21-22,26,32H,4-11,16-20,23-25H2,1-3H3,(H,40,44). The first-order chi connectivity index (χ1) is 71.0. The summed E-state index contributed by atoms with van der Waals surface area (Å²) in [7, 11) is 0.459. The van der Waals surface area contributed by atoms with Gasteiger partial charge in [-0.2, -0.15) is 0 Å². The van der Waals surface area contributed by atoms with Gasteiger partial charge in [-0.1, -0.05) is 128 Å². The number of amides is 6. The summed E-state index contributed by atoms with van der Waals surface area (Å²) in [5, 5.41) is 1.83. The maximum absolute atomic E-state index is 15.1. The Balaban J connectivity index is 0.000000126. The molecule has 27 nitrogen and oxygen atoms in total. The number of rotatable bonds is 19. The molecule has 9 heterocycles. The van der Waals surface area contributed by atoms with Gasteiger partial charge in [0, 0.05) is 179 Å². The van der Waals surface area contributed by atoms with E-state index < -0.39 is 74.5 Å². The first-order valence-corrected chi connectivity index (χ1v) is 60.5. The molecule has 3 saturated heterocycles. The van der Waals surface area contributed by atoms with E-state index in [1.54, 1.807) is 74.1 Å². The van der Waals surface area contributed by atoms with E-state index in [0.29, 0.717) is 60.5 Å². The van der Waals surface area contributed by atoms with Gasteiger partial charge in [-0.05, 0) is 294 Å². The van der Waals surface area contributed by atoms with Crippen molar-refractivity contribution in [3.05, 3.63) is 159 Å². The van der Waals surface area contributed by atoms with Gasteiger partial charge in [0.1, 0.15) is 17.2 Å². The summed E-state index contributed by atoms with van der Waals surface area (Å²) in [6, 6.07) is 36.1. The van der Waals surface area contributed by atoms with Crippen LogP contribution in [-0.4, -0.2) is 238 Å². The van der Waals surface area contributed by atoms with Crippen molar-refractivity contribution in [2.24, 2.45) is 16.2 Å². The van der Waals surface area contributed by atoms with Crippen molar-refractivity contribution in [1.82, 2.24) is 57.3 Å². The smallest absolute Gasteiger partial charge is 0.264 e. The van der Waals surface area contributed by atoms with E-state index in [4.69, 9.17) is 14.2 Å². The largest absolute Gasteiger partial charge is 0.497 e. The number of piperazine rings is 3. The number of carbonyl (C=O) groups excluding carboxylic acids is 6. The van der Waals surface area contributed by atoms with Gasteiger partial charge >= 0.3 is 0 Å². The van der Waals surface area contributed by atoms with Gasteiger partial charge in [0.05, 0.1) is 70.9 Å². The number of sulfonamides is 3. The number of hydrogen-bond donors (Lipinski definition) is 3. The van der Waals surface area contributed by atoms with Crippen LogP contribution in [0.2, 0.25) is 0 Å². The molecule has 30 heteroatoms. The Morgan fingerprint density at radius 1 is 0.351 bits per heavy atom. The Bertz CT molecular complexity index is 7140. The third kappa shape index (κ3) is 17.8. The Morgan fingerprint density at radius 3 is 0.905 bits per heavy atom. The lowest BCUT2D eigenvalue weighted by Gasteiger charge is -2.52. The van der Waals surface area contributed by atoms with Crippen LogP contribution in [-0.2, 0) is 64.1 Å². The Hall–Kier alpha value is -10.1. The molecule has 9 saturated carbocycles. The van der Waals surface area contributed by atoms with E-state index >= 15 is 14.4 Å². The number of ether oxygens (including phenoxy) is 3. The highest BCUT2D eigenvalue weighted by atomic mass is 32.2. The highest BCUT2D eigenvalue weighted by Crippen LogP contribution is 2.71. The zero-order valence-electron chi connectivity index (χ0n) is 88.7. The van der Waals surface area contributed by atoms with Crippen LogP contribution in [0.1, 0.15) is 340 Å². The van der Waals surface area contributed by atoms with Crippen LogP contribution in [0.25, 0.3) is 66.5 Å². The number of nitrogens with zero attached hydrogens (tertiary/aromatic N) is 9. The van der Waals surface area contributed by atoms with Crippen molar-refractivity contribution in [2.75, 3.05) is 107 Å². The number of benzene rings is 6. The number of fused-ring (bicyclic) bond motifs is 21. The van der Waals surface area contributed by atoms with Crippen LogP contribution >= 0.6 is 0 Å². The molecule has 3 N–H and O–H groups in total. The molecule has 9 aliphatic carbocycles. The molecule has 12 fully saturated rings. The molecule has 9 aromatic rings. The first kappa shape index (κ1) is 102. The number of hydrogen-bond acceptors (Lipinski definition) is 18. The van der Waals surface area contributed by atoms with E-state index in [9.17, 15) is 39.6 Å². The number of nitrogens with one attached hydrogen (secondary N) is 3. The summed E-state index contributed by atoms with van der Waals surface area (Å²) in [5.74, 6) is 2.48. The molecular weight excluding hydrogens is 1920 g/mol. The SMILES string of the molecule is CCCS(=O)(=O)NC(=O)c1ccc2c(C3CCCCC3)c3n(c2c1)CC1(C(=O)N2CCN(C)C4(CCCC4)C2)CC1c1cc(OC)ccc1-3.COc1ccc2c(c1)C1CC1(C(=O)N1CCN(C)C3(CCCC3)C1)Cn1c-2c(C2CCCCC2)c2ccc(C(=O)NS(=O)(=O)C(C)C)cc21.COc1ccc2c(c1)C1CC1(C(=O)N1CCN(C)C3(CCCCC3)C1)Cn1c-2c(C2CCCCC2)c2ccc(C(=O)NS(=O)(=O)C(C)C)cc21. The molecule has 6 unspecified atom stereocenters. The lowest BCUT2D eigenvalue weighted by atomic mass is 9.78. The quantitative estimate of drug-likeness (QED) is 0.0677. The molecule has 148 heavy (non-hydrogen) atoms. The van der Waals surface area contributed by atoms with E-state index in [2.05, 4.69) is 115 Å². The van der Waals surface area contributed by atoms with Crippen LogP contribution in [0, 0.1) is 16.2 Å². The number of likely N-dealkylation sites (N-methyl/N-ethyl adjacent to an activating group) is 3. The molecule has 792 valence electrons. The van der Waals surface area contributed by atoms with E-state index in [-0.39, 0.29) is 57.8 Å². The zero-order chi connectivity index (χ0) is 103. The Kier molecular flexibility index (Phi) is 27.1. The average Bonchev–Trinajstić information content (AvgIpc) is 1.52. The van der Waals surface area contributed by atoms with E-state index in [0.717, 1.165) is 239 Å². The molecule has 6 aromatic carbocycles. The fraction of sp³-hybridized carbons (Fsp3) is 0.593. The molecule has 6 aliphatic heterocycles. The van der Waals surface area contributed by atoms with Crippen molar-refractivity contribution < 1.29 is 68.2 Å². The number of carbonyl (C=O) groups is 6. The van der Waals surface area contributed by atoms with Gasteiger partial charge in [0.2, 0.25) is 47.8 Å². The van der Waals surface area contributed by atoms with Crippen LogP contribution in [0.3, 0.4) is 0 Å². The first-order valence-electron chi connectivity index (χ1n) is 55.8. The molecular formula is C118H152N12O15S3. The maximum atomic E-state index is 15.1. The third-order valence-corrected chi connectivity index (χ3v) is 43.6. The summed E-state index contributed by atoms with van der Waals surface area (Å²) >= 11 is 0. The monoisotopic (exact) mass is 2070 g/mol. The second kappa shape index (κ2) is 39.2. The minimum atomic E-state index is -3.80. The van der Waals surface area contributed by atoms with Crippen LogP contribution in [0.5, 0.6) is 17.2 Å². The molecule has 6 amide bonds. The molecule has 15 aliphatic rings. The van der Waals surface area contributed by atoms with Gasteiger partial charge in [-0.3, -0.25) is 43.5 Å². The number of methoxy groups -OCH3 is 3. The molecule has 24 rings (SSSR count). The van der Waals surface area contributed by atoms with Crippen LogP contribution in [0.4, 0.5) is 0 Å². The predicted octanol–water partition coefficient (Wildman–Crippen LogP) is 19.6. The summed E-state index contributed by atoms with van der Waals surface area (Å²) in [4.78, 5) is 99.7. The number of aromatic nitrogens is 3. The average molecular weight is 2070 g/mol. The molecule has 3 aromatic heterocycles. The van der Waals surface area contributed by atoms with E-state index in [1.807, 2.05) is 54.6 Å². The third-order valence-electron chi connectivity index (χ3n) is 38.8. The van der Waals surface area contributed by atoms with Gasteiger partial charge in [0.15, 0.2) is 0 Å². The van der Waals surface area contributed by atoms with Crippen LogP contribution < -0.4 is 28.4 Å². The van der Waals surface area contributed by atoms with Gasteiger partial charge < -0.3 is 42.6 Å². The molecule has 3 spiro atoms. The predicted molar refractivity (Wildman–Crippen MR) is 579 cm³/mol. The molecule has 0 radical (unpaired) electrons. The Labute approximate surface area is 873 Å². The summed E-state index contributed by atoms with van der Waals surface area (Å²) < 4.78 is 107. The second-order valence-electron chi connectivity index (χ2n) is 47.7. The minimum absolute atomic E-state index is 0.0527. The highest BCUT2D eigenvalue weighted by molar-refractivity contribution is 7.91. The van der Waals surface area contributed by atoms with Crippen molar-refractivity contribution in [1.29, 1.82) is 0 Å². The Morgan fingerprint density at radius 2 is 0.628 bits per heavy atom. The fourth-order valence-electron chi connectivity index (χ4n) is 29.9. The van der Waals surface area contributed by atoms with Gasteiger partial charge in [0.25, 0.3) is 17.7 Å². The normalized spacial score (nSPS) is 25.1. The summed E-state index contributed by atoms with van der Waals surface area (Å²) in [5.41, 5.74) is 16.4. The highest BCUT2D eigenvalue weighted by Gasteiger charge is 2.68. The lowest BCUT2D eigenvalue weighted by molar-refractivity contribution is -0.144. The maximum Gasteiger partial charge on any atom is 0.264 e.